The molecule has 1 amide bonds. The van der Waals surface area contributed by atoms with E-state index in [-0.39, 0.29) is 5.91 Å². The highest BCUT2D eigenvalue weighted by atomic mass is 16.5. The molecular formula is C21H31N7O2. The van der Waals surface area contributed by atoms with E-state index in [1.807, 2.05) is 17.1 Å². The molecule has 0 spiro atoms. The maximum atomic E-state index is 12.9. The van der Waals surface area contributed by atoms with Crippen molar-refractivity contribution >= 4 is 11.7 Å². The second kappa shape index (κ2) is 8.49. The molecule has 1 aromatic heterocycles. The van der Waals surface area contributed by atoms with Gasteiger partial charge in [0.05, 0.1) is 13.7 Å². The maximum absolute atomic E-state index is 12.9. The molecule has 3 aliphatic heterocycles. The number of nitrogens with one attached hydrogen (secondary N) is 1. The van der Waals surface area contributed by atoms with Gasteiger partial charge in [0.25, 0.3) is 0 Å². The Morgan fingerprint density at radius 2 is 2.00 bits per heavy atom. The molecule has 4 aliphatic rings. The molecule has 0 unspecified atom stereocenters. The van der Waals surface area contributed by atoms with E-state index in [1.165, 1.54) is 30.5 Å². The van der Waals surface area contributed by atoms with E-state index >= 15 is 0 Å². The molecule has 2 fully saturated rings. The number of ether oxygens (including phenoxy) is 1. The first-order valence-corrected chi connectivity index (χ1v) is 11.1. The lowest BCUT2D eigenvalue weighted by Crippen LogP contribution is -2.55. The molecule has 1 saturated heterocycles. The molecule has 9 heteroatoms. The van der Waals surface area contributed by atoms with Gasteiger partial charge in [-0.05, 0) is 24.5 Å². The van der Waals surface area contributed by atoms with Gasteiger partial charge in [0.15, 0.2) is 5.82 Å². The van der Waals surface area contributed by atoms with Crippen LogP contribution in [0.5, 0.6) is 5.88 Å². The van der Waals surface area contributed by atoms with Crippen molar-refractivity contribution in [2.75, 3.05) is 64.5 Å². The number of nitrogens with zero attached hydrogens (tertiary/aromatic N) is 6. The third-order valence-corrected chi connectivity index (χ3v) is 6.89. The smallest absolute Gasteiger partial charge is 0.236 e. The number of carbonyl (C=O) groups excluding carboxylic acids is 1. The van der Waals surface area contributed by atoms with Crippen molar-refractivity contribution in [2.45, 2.75) is 31.7 Å². The fourth-order valence-corrected chi connectivity index (χ4v) is 4.85. The molecule has 0 radical (unpaired) electrons. The van der Waals surface area contributed by atoms with E-state index in [2.05, 4.69) is 30.3 Å². The summed E-state index contributed by atoms with van der Waals surface area (Å²) in [5.41, 5.74) is 6.00. The van der Waals surface area contributed by atoms with Crippen LogP contribution in [-0.2, 0) is 4.79 Å². The summed E-state index contributed by atoms with van der Waals surface area (Å²) in [6.45, 7) is 6.84. The summed E-state index contributed by atoms with van der Waals surface area (Å²) in [7, 11) is 1.59. The Bertz CT molecular complexity index is 800. The van der Waals surface area contributed by atoms with E-state index in [0.717, 1.165) is 64.1 Å². The van der Waals surface area contributed by atoms with Gasteiger partial charge in [-0.1, -0.05) is 6.42 Å². The van der Waals surface area contributed by atoms with Crippen LogP contribution in [0.3, 0.4) is 0 Å². The fourth-order valence-electron chi connectivity index (χ4n) is 4.85. The molecule has 9 nitrogen and oxygen atoms in total. The Labute approximate surface area is 177 Å². The molecular weight excluding hydrogens is 382 g/mol. The van der Waals surface area contributed by atoms with Crippen LogP contribution in [0.1, 0.15) is 25.7 Å². The van der Waals surface area contributed by atoms with Crippen LogP contribution < -0.4 is 15.2 Å². The maximum Gasteiger partial charge on any atom is 0.236 e. The Balaban J connectivity index is 1.14. The molecule has 5 rings (SSSR count). The van der Waals surface area contributed by atoms with Crippen LogP contribution in [-0.4, -0.2) is 96.3 Å². The van der Waals surface area contributed by atoms with Crippen molar-refractivity contribution < 1.29 is 9.53 Å². The average Bonchev–Trinajstić information content (AvgIpc) is 3.16. The number of rotatable bonds is 5. The number of methoxy groups -OCH3 is 1. The molecule has 4 heterocycles. The number of hydrogen-bond acceptors (Lipinski definition) is 8. The monoisotopic (exact) mass is 413 g/mol. The number of carbonyl (C=O) groups is 1. The topological polar surface area (TPSA) is 77.1 Å². The second-order valence-corrected chi connectivity index (χ2v) is 8.62. The van der Waals surface area contributed by atoms with Crippen LogP contribution in [0, 0.1) is 0 Å². The van der Waals surface area contributed by atoms with Crippen molar-refractivity contribution in [3.63, 3.8) is 0 Å². The summed E-state index contributed by atoms with van der Waals surface area (Å²) in [4.78, 5) is 19.8. The quantitative estimate of drug-likeness (QED) is 0.747. The van der Waals surface area contributed by atoms with E-state index in [0.29, 0.717) is 12.4 Å². The highest BCUT2D eigenvalue weighted by Crippen LogP contribution is 2.29. The van der Waals surface area contributed by atoms with E-state index in [9.17, 15) is 4.79 Å². The molecule has 1 aromatic rings. The van der Waals surface area contributed by atoms with Gasteiger partial charge in [0.1, 0.15) is 0 Å². The molecule has 162 valence electrons. The lowest BCUT2D eigenvalue weighted by Gasteiger charge is -2.43. The minimum absolute atomic E-state index is 0.274. The summed E-state index contributed by atoms with van der Waals surface area (Å²) in [5, 5.41) is 10.4. The summed E-state index contributed by atoms with van der Waals surface area (Å²) >= 11 is 0. The van der Waals surface area contributed by atoms with Gasteiger partial charge in [-0.2, -0.15) is 0 Å². The number of aromatic nitrogens is 2. The molecule has 0 atom stereocenters. The van der Waals surface area contributed by atoms with Crippen molar-refractivity contribution in [2.24, 2.45) is 0 Å². The van der Waals surface area contributed by atoms with Crippen molar-refractivity contribution in [3.8, 4) is 5.88 Å². The number of anilines is 1. The summed E-state index contributed by atoms with van der Waals surface area (Å²) in [6, 6.07) is 4.51. The Morgan fingerprint density at radius 3 is 2.67 bits per heavy atom. The first kappa shape index (κ1) is 19.7. The van der Waals surface area contributed by atoms with Crippen LogP contribution in [0.4, 0.5) is 5.82 Å². The minimum Gasteiger partial charge on any atom is -0.480 e. The summed E-state index contributed by atoms with van der Waals surface area (Å²) in [6.07, 6.45) is 4.95. The zero-order valence-electron chi connectivity index (χ0n) is 17.7. The fraction of sp³-hybridized carbons (Fsp3) is 0.667. The van der Waals surface area contributed by atoms with Gasteiger partial charge in [0, 0.05) is 70.0 Å². The van der Waals surface area contributed by atoms with Gasteiger partial charge in [-0.3, -0.25) is 19.6 Å². The van der Waals surface area contributed by atoms with Crippen LogP contribution >= 0.6 is 0 Å². The highest BCUT2D eigenvalue weighted by Gasteiger charge is 2.32. The molecule has 0 aromatic carbocycles. The molecule has 1 saturated carbocycles. The average molecular weight is 414 g/mol. The summed E-state index contributed by atoms with van der Waals surface area (Å²) < 4.78 is 5.10. The number of piperazine rings is 1. The first-order chi connectivity index (χ1) is 14.7. The lowest BCUT2D eigenvalue weighted by molar-refractivity contribution is -0.134. The molecule has 30 heavy (non-hydrogen) atoms. The first-order valence-electron chi connectivity index (χ1n) is 11.1. The largest absolute Gasteiger partial charge is 0.480 e. The van der Waals surface area contributed by atoms with Crippen LogP contribution in [0.15, 0.2) is 23.4 Å². The van der Waals surface area contributed by atoms with E-state index in [1.54, 1.807) is 7.11 Å². The van der Waals surface area contributed by atoms with Gasteiger partial charge < -0.3 is 9.64 Å². The Kier molecular flexibility index (Phi) is 5.58. The molecule has 1 N–H and O–H groups in total. The summed E-state index contributed by atoms with van der Waals surface area (Å²) in [5.74, 6) is 1.56. The second-order valence-electron chi connectivity index (χ2n) is 8.62. The number of amides is 1. The minimum atomic E-state index is 0.274. The standard InChI is InChI=1S/C21H31N7O2/c1-30-20-6-5-19(23-24-20)28-18-7-8-25(14-16(18)13-22-28)15-21(29)27-11-9-26(10-12-27)17-3-2-4-17/h5-6,17,22H,2-4,7-15H2,1H3. The Hall–Kier alpha value is -2.23. The van der Waals surface area contributed by atoms with Crippen molar-refractivity contribution in [3.05, 3.63) is 23.4 Å². The third kappa shape index (κ3) is 3.89. The van der Waals surface area contributed by atoms with Crippen LogP contribution in [0.2, 0.25) is 0 Å². The van der Waals surface area contributed by atoms with Gasteiger partial charge in [0.2, 0.25) is 11.8 Å². The molecule has 0 bridgehead atoms. The van der Waals surface area contributed by atoms with E-state index < -0.39 is 0 Å². The predicted molar refractivity (Wildman–Crippen MR) is 113 cm³/mol. The number of hydrogen-bond donors (Lipinski definition) is 1. The number of hydrazine groups is 1. The lowest BCUT2D eigenvalue weighted by atomic mass is 9.91. The SMILES string of the molecule is COc1ccc(N2NCC3=C2CCN(CC(=O)N2CCN(C4CCC4)CC2)C3)nn1. The third-order valence-electron chi connectivity index (χ3n) is 6.89. The van der Waals surface area contributed by atoms with Gasteiger partial charge in [-0.15, -0.1) is 10.2 Å². The molecule has 1 aliphatic carbocycles. The van der Waals surface area contributed by atoms with E-state index in [4.69, 9.17) is 4.74 Å². The highest BCUT2D eigenvalue weighted by molar-refractivity contribution is 5.78. The van der Waals surface area contributed by atoms with Gasteiger partial charge >= 0.3 is 0 Å². The van der Waals surface area contributed by atoms with Crippen molar-refractivity contribution in [1.82, 2.24) is 30.3 Å². The zero-order valence-corrected chi connectivity index (χ0v) is 17.7. The van der Waals surface area contributed by atoms with Crippen molar-refractivity contribution in [1.29, 1.82) is 0 Å². The Morgan fingerprint density at radius 1 is 1.17 bits per heavy atom. The van der Waals surface area contributed by atoms with Gasteiger partial charge in [-0.25, -0.2) is 5.43 Å². The zero-order chi connectivity index (χ0) is 20.5. The predicted octanol–water partition coefficient (Wildman–Crippen LogP) is 0.466. The van der Waals surface area contributed by atoms with Crippen LogP contribution in [0.25, 0.3) is 0 Å². The normalized spacial score (nSPS) is 23.5.